The molecule has 14 N–H and O–H groups in total. The van der Waals surface area contributed by atoms with Crippen LogP contribution >= 0.6 is 0 Å². The highest BCUT2D eigenvalue weighted by molar-refractivity contribution is 5.36. The molecule has 416 valence electrons. The van der Waals surface area contributed by atoms with Crippen LogP contribution in [0.2, 0.25) is 0 Å². The summed E-state index contributed by atoms with van der Waals surface area (Å²) in [5.74, 6) is 0.566. The third-order valence-corrected chi connectivity index (χ3v) is 13.5. The van der Waals surface area contributed by atoms with Gasteiger partial charge < -0.3 is 133 Å². The summed E-state index contributed by atoms with van der Waals surface area (Å²) >= 11 is 0. The van der Waals surface area contributed by atoms with Crippen molar-refractivity contribution >= 4 is 5.69 Å². The first-order chi connectivity index (χ1) is 35.4. The maximum atomic E-state index is 11.3. The molecular weight excluding hydrogens is 1010 g/mol. The lowest BCUT2D eigenvalue weighted by Crippen LogP contribution is -2.68. The van der Waals surface area contributed by atoms with Crippen LogP contribution in [0.1, 0.15) is 11.9 Å². The molecule has 8 rings (SSSR count). The smallest absolute Gasteiger partial charge is 0.269 e. The van der Waals surface area contributed by atoms with Crippen molar-refractivity contribution in [2.75, 3.05) is 40.1 Å². The fraction of sp³-hybridized carbons (Fsp3) is 0.727. The molecule has 0 spiro atoms. The van der Waals surface area contributed by atoms with E-state index in [4.69, 9.17) is 61.6 Å². The number of nitrogens with zero attached hydrogens (tertiary/aromatic N) is 1. The van der Waals surface area contributed by atoms with Crippen molar-refractivity contribution in [3.63, 3.8) is 0 Å². The van der Waals surface area contributed by atoms with E-state index in [0.717, 1.165) is 12.1 Å². The maximum Gasteiger partial charge on any atom is 0.269 e. The van der Waals surface area contributed by atoms with Crippen molar-refractivity contribution in [1.29, 1.82) is 0 Å². The molecular formula is C44H61NO29. The summed E-state index contributed by atoms with van der Waals surface area (Å²) in [7, 11) is 1.50. The van der Waals surface area contributed by atoms with E-state index in [2.05, 4.69) is 0 Å². The third-order valence-electron chi connectivity index (χ3n) is 13.5. The van der Waals surface area contributed by atoms with Gasteiger partial charge in [-0.1, -0.05) is 12.1 Å². The number of benzene rings is 2. The summed E-state index contributed by atoms with van der Waals surface area (Å²) < 4.78 is 73.9. The molecule has 6 fully saturated rings. The first-order valence-corrected chi connectivity index (χ1v) is 23.4. The van der Waals surface area contributed by atoms with Gasteiger partial charge in [-0.05, 0) is 24.3 Å². The van der Waals surface area contributed by atoms with E-state index in [-0.39, 0.29) is 18.0 Å². The second-order valence-electron chi connectivity index (χ2n) is 18.2. The average Bonchev–Trinajstić information content (AvgIpc) is 3.41. The Morgan fingerprint density at radius 3 is 1.24 bits per heavy atom. The SMILES string of the molecule is COc1ccc(C2OC[C@H]3O[C@H](O[C@H]4[C@H](O)[C@@H](O)[C@@H](O[C@H]5[C@H](O)[C@@H](O)[C@@H](O[C@H]6[C@H](O)[C@@H](O)[C@@H](O[C@H]7[C@H](O)[C@@H](O)[C@@H](Oc8ccc([N+](=O)[O-])cc8)O[C@@H]7CO)O[C@@H]6CO)O[C@@H]5CO)O[C@@H]4CO)[C@H](O)[C@@H](O)[C@@H]3O2)cc1. The van der Waals surface area contributed by atoms with Crippen LogP contribution in [-0.2, 0) is 52.1 Å². The molecule has 74 heavy (non-hydrogen) atoms. The van der Waals surface area contributed by atoms with Gasteiger partial charge in [-0.2, -0.15) is 0 Å². The highest BCUT2D eigenvalue weighted by atomic mass is 16.8. The summed E-state index contributed by atoms with van der Waals surface area (Å²) in [6.07, 6.45) is -45.3. The van der Waals surface area contributed by atoms with Crippen LogP contribution < -0.4 is 9.47 Å². The van der Waals surface area contributed by atoms with Crippen LogP contribution in [0.15, 0.2) is 48.5 Å². The Morgan fingerprint density at radius 1 is 0.486 bits per heavy atom. The van der Waals surface area contributed by atoms with Crippen molar-refractivity contribution in [3.8, 4) is 11.5 Å². The molecule has 30 nitrogen and oxygen atoms in total. The topological polar surface area (TPSA) is 446 Å². The van der Waals surface area contributed by atoms with Crippen LogP contribution in [0.4, 0.5) is 5.69 Å². The molecule has 6 saturated heterocycles. The van der Waals surface area contributed by atoms with Crippen molar-refractivity contribution in [2.24, 2.45) is 0 Å². The number of rotatable bonds is 17. The standard InChI is InChI=1S/C44H61NO29/c1-62-17-6-2-15(3-7-17)39-63-14-23-38(70-39)28(54)33(59)44(69-23)74-37-22(13-49)68-43(32(58)27(37)53)73-36-21(12-48)67-42(31(57)26(36)52)72-35-20(11-47)66-41(30(56)25(35)51)71-34-19(10-46)65-40(29(55)24(34)50)64-18-8-4-16(5-9-18)45(60)61/h2-9,19-44,46-59H,10-14H2,1H3/t19-,20-,21-,22-,23-,24-,25-,26-,27-,28-,29-,30-,31-,32-,33-,34-,35-,36-,37-,38-,39?,40+,41-,42-,43-,44-/m1/s1. The van der Waals surface area contributed by atoms with Gasteiger partial charge >= 0.3 is 0 Å². The number of hydrogen-bond donors (Lipinski definition) is 14. The average molecular weight is 1070 g/mol. The number of hydrogen-bond acceptors (Lipinski definition) is 29. The quantitative estimate of drug-likeness (QED) is 0.0517. The molecule has 0 radical (unpaired) electrons. The van der Waals surface area contributed by atoms with Crippen LogP contribution in [0.3, 0.4) is 0 Å². The summed E-state index contributed by atoms with van der Waals surface area (Å²) in [6, 6.07) is 11.4. The van der Waals surface area contributed by atoms with Crippen molar-refractivity contribution < 1.29 is 138 Å². The molecule has 30 heteroatoms. The number of aliphatic hydroxyl groups excluding tert-OH is 14. The third kappa shape index (κ3) is 11.7. The zero-order valence-electron chi connectivity index (χ0n) is 39.0. The highest BCUT2D eigenvalue weighted by Crippen LogP contribution is 2.39. The lowest BCUT2D eigenvalue weighted by atomic mass is 9.95. The number of nitro groups is 1. The molecule has 0 saturated carbocycles. The van der Waals surface area contributed by atoms with Gasteiger partial charge in [0.2, 0.25) is 6.29 Å². The molecule has 1 unspecified atom stereocenters. The summed E-state index contributed by atoms with van der Waals surface area (Å²) in [6.45, 7) is -3.89. The van der Waals surface area contributed by atoms with Gasteiger partial charge in [0.25, 0.3) is 5.69 Å². The largest absolute Gasteiger partial charge is 0.497 e. The van der Waals surface area contributed by atoms with Crippen molar-refractivity contribution in [2.45, 2.75) is 160 Å². The molecule has 0 aromatic heterocycles. The van der Waals surface area contributed by atoms with E-state index in [1.165, 1.54) is 19.2 Å². The fourth-order valence-corrected chi connectivity index (χ4v) is 9.34. The van der Waals surface area contributed by atoms with E-state index >= 15 is 0 Å². The Kier molecular flexibility index (Phi) is 18.7. The van der Waals surface area contributed by atoms with E-state index in [1.54, 1.807) is 24.3 Å². The van der Waals surface area contributed by atoms with Crippen LogP contribution in [0.5, 0.6) is 11.5 Å². The Balaban J connectivity index is 0.855. The van der Waals surface area contributed by atoms with Crippen molar-refractivity contribution in [3.05, 3.63) is 64.2 Å². The maximum absolute atomic E-state index is 11.3. The fourth-order valence-electron chi connectivity index (χ4n) is 9.34. The number of aliphatic hydroxyl groups is 14. The predicted molar refractivity (Wildman–Crippen MR) is 231 cm³/mol. The Hall–Kier alpha value is -3.56. The van der Waals surface area contributed by atoms with Crippen LogP contribution in [-0.4, -0.2) is 270 Å². The van der Waals surface area contributed by atoms with Crippen molar-refractivity contribution in [1.82, 2.24) is 0 Å². The normalized spacial score (nSPS) is 44.8. The lowest BCUT2D eigenvalue weighted by Gasteiger charge is -2.50. The van der Waals surface area contributed by atoms with E-state index in [1.807, 2.05) is 0 Å². The molecule has 6 aliphatic rings. The summed E-state index contributed by atoms with van der Waals surface area (Å²) in [4.78, 5) is 10.4. The number of ether oxygens (including phenoxy) is 13. The lowest BCUT2D eigenvalue weighted by molar-refractivity contribution is -0.398. The van der Waals surface area contributed by atoms with E-state index in [0.29, 0.717) is 11.3 Å². The zero-order chi connectivity index (χ0) is 53.3. The van der Waals surface area contributed by atoms with E-state index in [9.17, 15) is 81.6 Å². The first-order valence-electron chi connectivity index (χ1n) is 23.4. The molecule has 2 aromatic carbocycles. The first kappa shape index (κ1) is 56.6. The Bertz CT molecular complexity index is 2090. The number of fused-ring (bicyclic) bond motifs is 1. The van der Waals surface area contributed by atoms with Gasteiger partial charge in [0.15, 0.2) is 31.5 Å². The minimum atomic E-state index is -2.14. The molecule has 6 aliphatic heterocycles. The van der Waals surface area contributed by atoms with Gasteiger partial charge in [0.05, 0.1) is 45.1 Å². The molecule has 6 heterocycles. The van der Waals surface area contributed by atoms with Gasteiger partial charge in [-0.3, -0.25) is 10.1 Å². The van der Waals surface area contributed by atoms with Crippen LogP contribution in [0, 0.1) is 10.1 Å². The molecule has 0 bridgehead atoms. The predicted octanol–water partition coefficient (Wildman–Crippen LogP) is -7.16. The van der Waals surface area contributed by atoms with E-state index < -0.39 is 191 Å². The molecule has 0 aliphatic carbocycles. The zero-order valence-corrected chi connectivity index (χ0v) is 39.0. The minimum absolute atomic E-state index is 0.0158. The summed E-state index contributed by atoms with van der Waals surface area (Å²) in [5.41, 5.74) is 0.321. The highest BCUT2D eigenvalue weighted by Gasteiger charge is 2.57. The Morgan fingerprint density at radius 2 is 0.851 bits per heavy atom. The molecule has 2 aromatic rings. The van der Waals surface area contributed by atoms with Gasteiger partial charge in [-0.15, -0.1) is 0 Å². The number of non-ortho nitro benzene ring substituents is 1. The van der Waals surface area contributed by atoms with Gasteiger partial charge in [0.1, 0.15) is 134 Å². The monoisotopic (exact) mass is 1070 g/mol. The number of nitro benzene ring substituents is 1. The van der Waals surface area contributed by atoms with Crippen LogP contribution in [0.25, 0.3) is 0 Å². The second-order valence-corrected chi connectivity index (χ2v) is 18.2. The number of methoxy groups -OCH3 is 1. The molecule has 26 atom stereocenters. The summed E-state index contributed by atoms with van der Waals surface area (Å²) in [5, 5.41) is 164. The second kappa shape index (κ2) is 24.4. The van der Waals surface area contributed by atoms with Gasteiger partial charge in [0, 0.05) is 17.7 Å². The molecule has 0 amide bonds. The Labute approximate surface area is 418 Å². The minimum Gasteiger partial charge on any atom is -0.497 e. The van der Waals surface area contributed by atoms with Gasteiger partial charge in [-0.25, -0.2) is 0 Å².